The van der Waals surface area contributed by atoms with Crippen LogP contribution in [0.1, 0.15) is 35.3 Å². The molecule has 0 heterocycles. The summed E-state index contributed by atoms with van der Waals surface area (Å²) in [6.07, 6.45) is 0. The van der Waals surface area contributed by atoms with Crippen molar-refractivity contribution in [3.63, 3.8) is 0 Å². The fraction of sp³-hybridized carbons (Fsp3) is 0.500. The van der Waals surface area contributed by atoms with Gasteiger partial charge in [0, 0.05) is 24.5 Å². The second-order valence-electron chi connectivity index (χ2n) is 5.83. The first-order valence-electron chi connectivity index (χ1n) is 6.97. The molecule has 1 aromatic carbocycles. The third-order valence-corrected chi connectivity index (χ3v) is 4.08. The minimum atomic E-state index is -0.598. The lowest BCUT2D eigenvalue weighted by Crippen LogP contribution is -2.41. The molecule has 0 aromatic heterocycles. The first kappa shape index (κ1) is 17.5. The highest BCUT2D eigenvalue weighted by molar-refractivity contribution is 6.19. The first-order valence-corrected chi connectivity index (χ1v) is 7.51. The van der Waals surface area contributed by atoms with Gasteiger partial charge in [0.15, 0.2) is 0 Å². The fourth-order valence-electron chi connectivity index (χ4n) is 1.64. The van der Waals surface area contributed by atoms with Crippen LogP contribution in [0.5, 0.6) is 0 Å². The molecule has 2 amide bonds. The van der Waals surface area contributed by atoms with Crippen molar-refractivity contribution in [3.8, 4) is 0 Å². The molecule has 21 heavy (non-hydrogen) atoms. The Hall–Kier alpha value is -1.55. The Balaban J connectivity index is 2.41. The molecular weight excluding hydrogens is 288 g/mol. The van der Waals surface area contributed by atoms with E-state index < -0.39 is 5.41 Å². The molecule has 0 aliphatic heterocycles. The predicted octanol–water partition coefficient (Wildman–Crippen LogP) is 2.41. The Morgan fingerprint density at radius 2 is 1.71 bits per heavy atom. The third kappa shape index (κ3) is 5.05. The van der Waals surface area contributed by atoms with Crippen molar-refractivity contribution < 1.29 is 9.59 Å². The van der Waals surface area contributed by atoms with Crippen LogP contribution in [0.3, 0.4) is 0 Å². The maximum Gasteiger partial charge on any atom is 0.251 e. The summed E-state index contributed by atoms with van der Waals surface area (Å²) in [6, 6.07) is 5.59. The zero-order chi connectivity index (χ0) is 16.0. The average Bonchev–Trinajstić information content (AvgIpc) is 2.45. The molecule has 0 aliphatic carbocycles. The van der Waals surface area contributed by atoms with Gasteiger partial charge in [0.25, 0.3) is 5.91 Å². The molecule has 0 fully saturated rings. The summed E-state index contributed by atoms with van der Waals surface area (Å²) in [6.45, 7) is 8.31. The summed E-state index contributed by atoms with van der Waals surface area (Å²) in [5, 5.41) is 5.55. The van der Waals surface area contributed by atoms with Gasteiger partial charge in [-0.1, -0.05) is 6.07 Å². The molecule has 0 aliphatic rings. The molecule has 1 rings (SSSR count). The molecule has 5 heteroatoms. The van der Waals surface area contributed by atoms with Crippen LogP contribution < -0.4 is 10.6 Å². The Morgan fingerprint density at radius 3 is 2.29 bits per heavy atom. The number of aryl methyl sites for hydroxylation is 2. The molecular formula is C16H23ClN2O2. The number of carbonyl (C=O) groups is 2. The third-order valence-electron chi connectivity index (χ3n) is 3.41. The van der Waals surface area contributed by atoms with Gasteiger partial charge in [0.1, 0.15) is 0 Å². The van der Waals surface area contributed by atoms with Crippen molar-refractivity contribution in [3.05, 3.63) is 34.9 Å². The van der Waals surface area contributed by atoms with Crippen LogP contribution in [0.25, 0.3) is 0 Å². The van der Waals surface area contributed by atoms with Gasteiger partial charge >= 0.3 is 0 Å². The minimum absolute atomic E-state index is 0.113. The quantitative estimate of drug-likeness (QED) is 0.626. The van der Waals surface area contributed by atoms with Crippen molar-refractivity contribution in [2.45, 2.75) is 27.7 Å². The minimum Gasteiger partial charge on any atom is -0.354 e. The zero-order valence-electron chi connectivity index (χ0n) is 13.0. The highest BCUT2D eigenvalue weighted by atomic mass is 35.5. The van der Waals surface area contributed by atoms with E-state index in [1.165, 1.54) is 0 Å². The number of amides is 2. The lowest BCUT2D eigenvalue weighted by Gasteiger charge is -2.20. The van der Waals surface area contributed by atoms with Crippen LogP contribution in [0.2, 0.25) is 0 Å². The summed E-state index contributed by atoms with van der Waals surface area (Å²) in [5.74, 6) is 0.00952. The van der Waals surface area contributed by atoms with Crippen LogP contribution in [-0.2, 0) is 4.79 Å². The van der Waals surface area contributed by atoms with E-state index in [1.807, 2.05) is 26.0 Å². The van der Waals surface area contributed by atoms with Gasteiger partial charge in [-0.25, -0.2) is 0 Å². The van der Waals surface area contributed by atoms with Crippen molar-refractivity contribution in [2.24, 2.45) is 5.41 Å². The summed E-state index contributed by atoms with van der Waals surface area (Å²) < 4.78 is 0. The van der Waals surface area contributed by atoms with Gasteiger partial charge in [-0.05, 0) is 51.0 Å². The molecule has 0 saturated carbocycles. The van der Waals surface area contributed by atoms with Crippen LogP contribution in [0, 0.1) is 19.3 Å². The van der Waals surface area contributed by atoms with Crippen LogP contribution >= 0.6 is 11.6 Å². The Morgan fingerprint density at radius 1 is 1.10 bits per heavy atom. The molecule has 1 aromatic rings. The van der Waals surface area contributed by atoms with Gasteiger partial charge in [-0.15, -0.1) is 11.6 Å². The van der Waals surface area contributed by atoms with Gasteiger partial charge in [0.05, 0.1) is 5.41 Å². The maximum absolute atomic E-state index is 12.0. The lowest BCUT2D eigenvalue weighted by molar-refractivity contribution is -0.128. The zero-order valence-corrected chi connectivity index (χ0v) is 13.8. The van der Waals surface area contributed by atoms with E-state index in [0.717, 1.165) is 11.1 Å². The molecule has 0 unspecified atom stereocenters. The monoisotopic (exact) mass is 310 g/mol. The van der Waals surface area contributed by atoms with Crippen molar-refractivity contribution in [1.82, 2.24) is 10.6 Å². The van der Waals surface area contributed by atoms with Crippen molar-refractivity contribution in [2.75, 3.05) is 19.0 Å². The van der Waals surface area contributed by atoms with E-state index in [0.29, 0.717) is 18.7 Å². The summed E-state index contributed by atoms with van der Waals surface area (Å²) in [4.78, 5) is 23.7. The second-order valence-corrected chi connectivity index (χ2v) is 6.10. The van der Waals surface area contributed by atoms with Crippen LogP contribution in [0.4, 0.5) is 0 Å². The topological polar surface area (TPSA) is 58.2 Å². The molecule has 0 bridgehead atoms. The van der Waals surface area contributed by atoms with E-state index in [2.05, 4.69) is 10.6 Å². The first-order chi connectivity index (χ1) is 9.77. The summed E-state index contributed by atoms with van der Waals surface area (Å²) >= 11 is 5.73. The molecule has 116 valence electrons. The van der Waals surface area contributed by atoms with Crippen molar-refractivity contribution >= 4 is 23.4 Å². The van der Waals surface area contributed by atoms with E-state index in [-0.39, 0.29) is 17.7 Å². The normalized spacial score (nSPS) is 11.1. The predicted molar refractivity (Wildman–Crippen MR) is 85.8 cm³/mol. The number of nitrogens with one attached hydrogen (secondary N) is 2. The number of halogens is 1. The number of rotatable bonds is 6. The number of carbonyl (C=O) groups excluding carboxylic acids is 2. The van der Waals surface area contributed by atoms with Gasteiger partial charge in [-0.3, -0.25) is 9.59 Å². The number of hydrogen-bond acceptors (Lipinski definition) is 2. The van der Waals surface area contributed by atoms with Crippen LogP contribution in [0.15, 0.2) is 18.2 Å². The fourth-order valence-corrected chi connectivity index (χ4v) is 1.76. The average molecular weight is 311 g/mol. The molecule has 4 nitrogen and oxygen atoms in total. The van der Waals surface area contributed by atoms with E-state index in [1.54, 1.807) is 19.9 Å². The molecule has 0 saturated heterocycles. The molecule has 0 atom stereocenters. The SMILES string of the molecule is Cc1ccc(C(=O)NCCNC(=O)C(C)(C)CCl)cc1C. The van der Waals surface area contributed by atoms with E-state index in [4.69, 9.17) is 11.6 Å². The summed E-state index contributed by atoms with van der Waals surface area (Å²) in [7, 11) is 0. The Labute approximate surface area is 131 Å². The van der Waals surface area contributed by atoms with Gasteiger partial charge in [-0.2, -0.15) is 0 Å². The van der Waals surface area contributed by atoms with E-state index in [9.17, 15) is 9.59 Å². The highest BCUT2D eigenvalue weighted by Gasteiger charge is 2.25. The van der Waals surface area contributed by atoms with Crippen molar-refractivity contribution in [1.29, 1.82) is 0 Å². The maximum atomic E-state index is 12.0. The molecule has 0 spiro atoms. The van der Waals surface area contributed by atoms with E-state index >= 15 is 0 Å². The number of alkyl halides is 1. The Bertz CT molecular complexity index is 527. The molecule has 2 N–H and O–H groups in total. The summed E-state index contributed by atoms with van der Waals surface area (Å²) in [5.41, 5.74) is 2.27. The standard InChI is InChI=1S/C16H23ClN2O2/c1-11-5-6-13(9-12(11)2)14(20)18-7-8-19-15(21)16(3,4)10-17/h5-6,9H,7-8,10H2,1-4H3,(H,18,20)(H,19,21). The molecule has 0 radical (unpaired) electrons. The lowest BCUT2D eigenvalue weighted by atomic mass is 9.95. The highest BCUT2D eigenvalue weighted by Crippen LogP contribution is 2.16. The number of hydrogen-bond donors (Lipinski definition) is 2. The number of benzene rings is 1. The second kappa shape index (κ2) is 7.46. The van der Waals surface area contributed by atoms with Crippen LogP contribution in [-0.4, -0.2) is 30.8 Å². The smallest absolute Gasteiger partial charge is 0.251 e. The van der Waals surface area contributed by atoms with Gasteiger partial charge in [0.2, 0.25) is 5.91 Å². The van der Waals surface area contributed by atoms with Gasteiger partial charge < -0.3 is 10.6 Å². The Kier molecular flexibility index (Phi) is 6.21. The largest absolute Gasteiger partial charge is 0.354 e.